The Kier molecular flexibility index (Phi) is 1.49. The first-order valence-electron chi connectivity index (χ1n) is 3.52. The third-order valence-corrected chi connectivity index (χ3v) is 1.89. The summed E-state index contributed by atoms with van der Waals surface area (Å²) in [7, 11) is 0. The second kappa shape index (κ2) is 2.30. The Bertz CT molecular complexity index is 274. The van der Waals surface area contributed by atoms with Crippen LogP contribution in [-0.2, 0) is 0 Å². The van der Waals surface area contributed by atoms with Crippen LogP contribution in [0.15, 0.2) is 21.5 Å². The van der Waals surface area contributed by atoms with E-state index >= 15 is 0 Å². The first-order valence-corrected chi connectivity index (χ1v) is 3.52. The standard InChI is InChI=1S/C6H7F2N3O/c7-6(8)2-9-1-3-4(6)10-11-5(3)12/h5,9,12H,1-2H2/t5-/m0/s1. The summed E-state index contributed by atoms with van der Waals surface area (Å²) in [5.41, 5.74) is -0.181. The molecule has 6 heteroatoms. The summed E-state index contributed by atoms with van der Waals surface area (Å²) >= 11 is 0. The average Bonchev–Trinajstić information content (AvgIpc) is 2.33. The number of nitrogens with zero attached hydrogens (tertiary/aromatic N) is 2. The van der Waals surface area contributed by atoms with Crippen molar-refractivity contribution in [3.05, 3.63) is 11.3 Å². The molecule has 0 radical (unpaired) electrons. The molecular formula is C6H7F2N3O. The lowest BCUT2D eigenvalue weighted by Crippen LogP contribution is -2.41. The van der Waals surface area contributed by atoms with Crippen LogP contribution < -0.4 is 5.32 Å². The largest absolute Gasteiger partial charge is 0.367 e. The van der Waals surface area contributed by atoms with E-state index in [4.69, 9.17) is 5.11 Å². The van der Waals surface area contributed by atoms with Crippen molar-refractivity contribution in [1.29, 1.82) is 0 Å². The SMILES string of the molecule is O[C@@H]1N=NC2=C1CNCC2(F)F. The van der Waals surface area contributed by atoms with Gasteiger partial charge in [-0.25, -0.2) is 0 Å². The molecule has 2 rings (SSSR count). The van der Waals surface area contributed by atoms with Crippen LogP contribution in [0.25, 0.3) is 0 Å². The van der Waals surface area contributed by atoms with Crippen LogP contribution in [0.2, 0.25) is 0 Å². The molecule has 0 saturated heterocycles. The number of nitrogens with one attached hydrogen (secondary N) is 1. The van der Waals surface area contributed by atoms with E-state index < -0.39 is 18.7 Å². The van der Waals surface area contributed by atoms with Gasteiger partial charge in [-0.3, -0.25) is 0 Å². The van der Waals surface area contributed by atoms with E-state index in [2.05, 4.69) is 15.5 Å². The molecule has 0 saturated carbocycles. The summed E-state index contributed by atoms with van der Waals surface area (Å²) in [6.45, 7) is -0.198. The van der Waals surface area contributed by atoms with Crippen LogP contribution in [0.4, 0.5) is 8.78 Å². The Labute approximate surface area is 67.0 Å². The van der Waals surface area contributed by atoms with Gasteiger partial charge in [0, 0.05) is 12.1 Å². The summed E-state index contributed by atoms with van der Waals surface area (Å²) < 4.78 is 25.9. The Morgan fingerprint density at radius 1 is 1.58 bits per heavy atom. The smallest absolute Gasteiger partial charge is 0.303 e. The lowest BCUT2D eigenvalue weighted by atomic mass is 10.1. The van der Waals surface area contributed by atoms with Crippen molar-refractivity contribution in [3.8, 4) is 0 Å². The minimum atomic E-state index is -2.99. The Balaban J connectivity index is 2.41. The molecule has 0 unspecified atom stereocenters. The first kappa shape index (κ1) is 7.75. The van der Waals surface area contributed by atoms with Crippen LogP contribution in [0.5, 0.6) is 0 Å². The Hall–Kier alpha value is -0.880. The van der Waals surface area contributed by atoms with Gasteiger partial charge in [0.15, 0.2) is 6.23 Å². The fourth-order valence-corrected chi connectivity index (χ4v) is 1.29. The predicted molar refractivity (Wildman–Crippen MR) is 35.7 cm³/mol. The van der Waals surface area contributed by atoms with Crippen molar-refractivity contribution in [2.24, 2.45) is 10.2 Å². The number of hydrogen-bond acceptors (Lipinski definition) is 4. The van der Waals surface area contributed by atoms with Gasteiger partial charge in [0.25, 0.3) is 0 Å². The van der Waals surface area contributed by atoms with Crippen molar-refractivity contribution < 1.29 is 13.9 Å². The van der Waals surface area contributed by atoms with Gasteiger partial charge in [0.2, 0.25) is 0 Å². The normalized spacial score (nSPS) is 32.4. The lowest BCUT2D eigenvalue weighted by molar-refractivity contribution is 0.0336. The molecule has 2 aliphatic heterocycles. The molecule has 0 spiro atoms. The van der Waals surface area contributed by atoms with Gasteiger partial charge in [-0.05, 0) is 0 Å². The summed E-state index contributed by atoms with van der Waals surface area (Å²) in [5.74, 6) is -2.99. The van der Waals surface area contributed by atoms with E-state index in [1.165, 1.54) is 0 Å². The van der Waals surface area contributed by atoms with Gasteiger partial charge in [-0.2, -0.15) is 19.0 Å². The highest BCUT2D eigenvalue weighted by atomic mass is 19.3. The van der Waals surface area contributed by atoms with Crippen molar-refractivity contribution >= 4 is 0 Å². The number of aliphatic hydroxyl groups is 1. The van der Waals surface area contributed by atoms with E-state index in [1.807, 2.05) is 0 Å². The number of alkyl halides is 2. The molecule has 12 heavy (non-hydrogen) atoms. The highest BCUT2D eigenvalue weighted by molar-refractivity contribution is 5.30. The number of hydrogen-bond donors (Lipinski definition) is 2. The molecule has 2 heterocycles. The van der Waals surface area contributed by atoms with Crippen molar-refractivity contribution in [2.45, 2.75) is 12.2 Å². The maximum atomic E-state index is 12.9. The molecule has 66 valence electrons. The van der Waals surface area contributed by atoms with Crippen LogP contribution >= 0.6 is 0 Å². The number of aliphatic hydroxyl groups excluding tert-OH is 1. The highest BCUT2D eigenvalue weighted by Gasteiger charge is 2.43. The number of rotatable bonds is 0. The van der Waals surface area contributed by atoms with E-state index in [1.54, 1.807) is 0 Å². The number of halogens is 2. The van der Waals surface area contributed by atoms with Crippen LogP contribution in [0, 0.1) is 0 Å². The molecule has 0 aliphatic carbocycles. The monoisotopic (exact) mass is 175 g/mol. The molecule has 0 fully saturated rings. The van der Waals surface area contributed by atoms with Crippen molar-refractivity contribution in [3.63, 3.8) is 0 Å². The molecule has 2 N–H and O–H groups in total. The molecule has 2 aliphatic rings. The summed E-state index contributed by atoms with van der Waals surface area (Å²) in [6, 6.07) is 0. The van der Waals surface area contributed by atoms with E-state index in [0.29, 0.717) is 0 Å². The lowest BCUT2D eigenvalue weighted by Gasteiger charge is -2.23. The Morgan fingerprint density at radius 3 is 3.00 bits per heavy atom. The molecular weight excluding hydrogens is 168 g/mol. The fraction of sp³-hybridized carbons (Fsp3) is 0.667. The molecule has 1 atom stereocenters. The van der Waals surface area contributed by atoms with Gasteiger partial charge in [-0.15, -0.1) is 0 Å². The van der Waals surface area contributed by atoms with Gasteiger partial charge >= 0.3 is 5.92 Å². The van der Waals surface area contributed by atoms with Crippen molar-refractivity contribution in [1.82, 2.24) is 5.32 Å². The van der Waals surface area contributed by atoms with Gasteiger partial charge in [0.05, 0.1) is 6.54 Å². The number of azo groups is 1. The summed E-state index contributed by atoms with van der Waals surface area (Å²) in [5, 5.41) is 18.1. The quantitative estimate of drug-likeness (QED) is 0.555. The van der Waals surface area contributed by atoms with E-state index in [-0.39, 0.29) is 17.8 Å². The zero-order valence-corrected chi connectivity index (χ0v) is 6.09. The van der Waals surface area contributed by atoms with Crippen LogP contribution in [-0.4, -0.2) is 30.3 Å². The van der Waals surface area contributed by atoms with Crippen LogP contribution in [0.1, 0.15) is 0 Å². The molecule has 0 aromatic heterocycles. The topological polar surface area (TPSA) is 57.0 Å². The van der Waals surface area contributed by atoms with E-state index in [9.17, 15) is 8.78 Å². The maximum Gasteiger partial charge on any atom is 0.303 e. The first-order chi connectivity index (χ1) is 5.61. The van der Waals surface area contributed by atoms with Gasteiger partial charge < -0.3 is 10.4 Å². The summed E-state index contributed by atoms with van der Waals surface area (Å²) in [4.78, 5) is 0. The third kappa shape index (κ3) is 0.953. The Morgan fingerprint density at radius 2 is 2.33 bits per heavy atom. The van der Waals surface area contributed by atoms with Crippen LogP contribution in [0.3, 0.4) is 0 Å². The third-order valence-electron chi connectivity index (χ3n) is 1.89. The minimum absolute atomic E-state index is 0.186. The summed E-state index contributed by atoms with van der Waals surface area (Å²) in [6.07, 6.45) is -1.18. The van der Waals surface area contributed by atoms with E-state index in [0.717, 1.165) is 0 Å². The highest BCUT2D eigenvalue weighted by Crippen LogP contribution is 2.35. The average molecular weight is 175 g/mol. The molecule has 0 amide bonds. The molecule has 0 bridgehead atoms. The molecule has 4 nitrogen and oxygen atoms in total. The minimum Gasteiger partial charge on any atom is -0.367 e. The molecule has 0 aromatic rings. The zero-order chi connectivity index (χ0) is 8.77. The van der Waals surface area contributed by atoms with Gasteiger partial charge in [-0.1, -0.05) is 0 Å². The fourth-order valence-electron chi connectivity index (χ4n) is 1.29. The predicted octanol–water partition coefficient (Wildman–Crippen LogP) is 0.263. The second-order valence-corrected chi connectivity index (χ2v) is 2.77. The molecule has 0 aromatic carbocycles. The van der Waals surface area contributed by atoms with Gasteiger partial charge in [0.1, 0.15) is 5.70 Å². The maximum absolute atomic E-state index is 12.9. The second-order valence-electron chi connectivity index (χ2n) is 2.77. The zero-order valence-electron chi connectivity index (χ0n) is 6.09. The van der Waals surface area contributed by atoms with Crippen molar-refractivity contribution in [2.75, 3.05) is 13.1 Å².